The number of rotatable bonds is 6. The lowest BCUT2D eigenvalue weighted by Crippen LogP contribution is -2.49. The molecule has 0 fully saturated rings. The van der Waals surface area contributed by atoms with Gasteiger partial charge < -0.3 is 11.1 Å². The summed E-state index contributed by atoms with van der Waals surface area (Å²) in [6, 6.07) is 5.31. The number of carbonyl (C=O) groups excluding carboxylic acids is 1. The van der Waals surface area contributed by atoms with E-state index in [0.717, 1.165) is 24.8 Å². The number of benzene rings is 1. The van der Waals surface area contributed by atoms with Crippen LogP contribution in [0, 0.1) is 0 Å². The maximum Gasteiger partial charge on any atom is 0.221 e. The molecule has 0 unspecified atom stereocenters. The number of fused-ring (bicyclic) bond motifs is 1. The van der Waals surface area contributed by atoms with Crippen molar-refractivity contribution in [2.45, 2.75) is 50.0 Å². The van der Waals surface area contributed by atoms with E-state index in [-0.39, 0.29) is 18.1 Å². The second-order valence-electron chi connectivity index (χ2n) is 6.49. The molecular formula is C16H24N2O3S. The van der Waals surface area contributed by atoms with Gasteiger partial charge in [0, 0.05) is 18.5 Å². The minimum atomic E-state index is -3.43. The number of amides is 1. The predicted octanol–water partition coefficient (Wildman–Crippen LogP) is 1.19. The zero-order chi connectivity index (χ0) is 16.4. The Morgan fingerprint density at radius 2 is 1.95 bits per heavy atom. The van der Waals surface area contributed by atoms with Crippen LogP contribution in [0.2, 0.25) is 0 Å². The molecule has 1 aliphatic carbocycles. The van der Waals surface area contributed by atoms with Gasteiger partial charge in [0.05, 0.1) is 10.6 Å². The van der Waals surface area contributed by atoms with Crippen LogP contribution in [0.1, 0.15) is 37.8 Å². The van der Waals surface area contributed by atoms with Gasteiger partial charge in [0.25, 0.3) is 0 Å². The molecule has 6 heteroatoms. The van der Waals surface area contributed by atoms with Gasteiger partial charge in [-0.15, -0.1) is 0 Å². The van der Waals surface area contributed by atoms with E-state index in [0.29, 0.717) is 11.4 Å². The lowest BCUT2D eigenvalue weighted by molar-refractivity contribution is -0.122. The summed E-state index contributed by atoms with van der Waals surface area (Å²) in [4.78, 5) is 12.2. The third-order valence-corrected chi connectivity index (χ3v) is 5.73. The quantitative estimate of drug-likeness (QED) is 0.822. The molecular weight excluding hydrogens is 300 g/mol. The molecule has 3 N–H and O–H groups in total. The average molecular weight is 324 g/mol. The van der Waals surface area contributed by atoms with Crippen LogP contribution in [0.25, 0.3) is 0 Å². The molecule has 1 aromatic carbocycles. The lowest BCUT2D eigenvalue weighted by Gasteiger charge is -2.24. The van der Waals surface area contributed by atoms with E-state index in [9.17, 15) is 13.2 Å². The molecule has 2 rings (SSSR count). The predicted molar refractivity (Wildman–Crippen MR) is 86.4 cm³/mol. The average Bonchev–Trinajstić information content (AvgIpc) is 2.92. The van der Waals surface area contributed by atoms with Gasteiger partial charge in [-0.3, -0.25) is 4.79 Å². The van der Waals surface area contributed by atoms with Crippen LogP contribution < -0.4 is 11.1 Å². The number of nitrogens with one attached hydrogen (secondary N) is 1. The second-order valence-corrected chi connectivity index (χ2v) is 8.60. The highest BCUT2D eigenvalue weighted by Gasteiger charge is 2.22. The zero-order valence-electron chi connectivity index (χ0n) is 13.2. The van der Waals surface area contributed by atoms with Crippen LogP contribution in [0.15, 0.2) is 23.1 Å². The first kappa shape index (κ1) is 17.0. The van der Waals surface area contributed by atoms with E-state index in [1.165, 1.54) is 5.56 Å². The highest BCUT2D eigenvalue weighted by Crippen LogP contribution is 2.25. The maximum absolute atomic E-state index is 12.4. The van der Waals surface area contributed by atoms with Gasteiger partial charge in [0.1, 0.15) is 0 Å². The van der Waals surface area contributed by atoms with E-state index in [1.54, 1.807) is 26.0 Å². The minimum absolute atomic E-state index is 0.0527. The summed E-state index contributed by atoms with van der Waals surface area (Å²) < 4.78 is 24.7. The van der Waals surface area contributed by atoms with Gasteiger partial charge in [0.2, 0.25) is 5.91 Å². The molecule has 1 amide bonds. The Labute approximate surface area is 132 Å². The Kier molecular flexibility index (Phi) is 4.92. The first-order valence-corrected chi connectivity index (χ1v) is 9.24. The Hall–Kier alpha value is -1.40. The van der Waals surface area contributed by atoms with E-state index in [1.807, 2.05) is 6.07 Å². The Morgan fingerprint density at radius 1 is 1.27 bits per heavy atom. The monoisotopic (exact) mass is 324 g/mol. The fourth-order valence-electron chi connectivity index (χ4n) is 2.58. The van der Waals surface area contributed by atoms with Crippen molar-refractivity contribution in [3.63, 3.8) is 0 Å². The van der Waals surface area contributed by atoms with E-state index < -0.39 is 15.4 Å². The third kappa shape index (κ3) is 4.08. The van der Waals surface area contributed by atoms with Crippen molar-refractivity contribution in [2.75, 3.05) is 12.3 Å². The molecule has 0 aromatic heterocycles. The molecule has 0 spiro atoms. The summed E-state index contributed by atoms with van der Waals surface area (Å²) in [6.07, 6.45) is 2.98. The van der Waals surface area contributed by atoms with Crippen molar-refractivity contribution in [2.24, 2.45) is 5.73 Å². The fourth-order valence-corrected chi connectivity index (χ4v) is 3.86. The van der Waals surface area contributed by atoms with E-state index in [4.69, 9.17) is 5.73 Å². The van der Waals surface area contributed by atoms with Gasteiger partial charge in [-0.2, -0.15) is 0 Å². The lowest BCUT2D eigenvalue weighted by atomic mass is 10.1. The number of hydrogen-bond donors (Lipinski definition) is 2. The molecule has 0 saturated heterocycles. The van der Waals surface area contributed by atoms with Crippen molar-refractivity contribution in [3.8, 4) is 0 Å². The minimum Gasteiger partial charge on any atom is -0.350 e. The molecule has 0 heterocycles. The van der Waals surface area contributed by atoms with E-state index >= 15 is 0 Å². The fraction of sp³-hybridized carbons (Fsp3) is 0.562. The molecule has 0 radical (unpaired) electrons. The Bertz CT molecular complexity index is 666. The van der Waals surface area contributed by atoms with Gasteiger partial charge in [0.15, 0.2) is 9.84 Å². The smallest absolute Gasteiger partial charge is 0.221 e. The van der Waals surface area contributed by atoms with Crippen LogP contribution >= 0.6 is 0 Å². The molecule has 1 aromatic rings. The van der Waals surface area contributed by atoms with Crippen LogP contribution in [0.3, 0.4) is 0 Å². The number of aryl methyl sites for hydroxylation is 2. The molecule has 22 heavy (non-hydrogen) atoms. The second kappa shape index (κ2) is 6.38. The van der Waals surface area contributed by atoms with Crippen LogP contribution in [0.5, 0.6) is 0 Å². The normalized spacial score (nSPS) is 14.7. The largest absolute Gasteiger partial charge is 0.350 e. The first-order valence-electron chi connectivity index (χ1n) is 7.59. The third-order valence-electron chi connectivity index (χ3n) is 4.02. The zero-order valence-corrected chi connectivity index (χ0v) is 14.0. The summed E-state index contributed by atoms with van der Waals surface area (Å²) in [5, 5.41) is 2.74. The molecule has 1 aliphatic rings. The topological polar surface area (TPSA) is 89.3 Å². The van der Waals surface area contributed by atoms with Gasteiger partial charge in [-0.25, -0.2) is 8.42 Å². The summed E-state index contributed by atoms with van der Waals surface area (Å²) in [5.74, 6) is -0.474. The number of carbonyl (C=O) groups is 1. The van der Waals surface area contributed by atoms with E-state index in [2.05, 4.69) is 5.32 Å². The summed E-state index contributed by atoms with van der Waals surface area (Å²) in [5.41, 5.74) is 7.38. The molecule has 0 atom stereocenters. The summed E-state index contributed by atoms with van der Waals surface area (Å²) in [6.45, 7) is 3.91. The van der Waals surface area contributed by atoms with Crippen molar-refractivity contribution in [1.82, 2.24) is 5.32 Å². The summed E-state index contributed by atoms with van der Waals surface area (Å²) in [7, 11) is -3.43. The summed E-state index contributed by atoms with van der Waals surface area (Å²) >= 11 is 0. The first-order chi connectivity index (χ1) is 10.2. The Morgan fingerprint density at radius 3 is 2.64 bits per heavy atom. The van der Waals surface area contributed by atoms with Crippen molar-refractivity contribution in [3.05, 3.63) is 29.3 Å². The molecule has 0 aliphatic heterocycles. The van der Waals surface area contributed by atoms with Gasteiger partial charge >= 0.3 is 0 Å². The van der Waals surface area contributed by atoms with Crippen LogP contribution in [-0.4, -0.2) is 32.2 Å². The van der Waals surface area contributed by atoms with Gasteiger partial charge in [-0.05, 0) is 56.4 Å². The SMILES string of the molecule is CC(C)(CN)NC(=O)CCS(=O)(=O)c1ccc2c(c1)CCC2. The van der Waals surface area contributed by atoms with Crippen LogP contribution in [0.4, 0.5) is 0 Å². The number of sulfone groups is 1. The maximum atomic E-state index is 12.4. The molecule has 0 saturated carbocycles. The number of hydrogen-bond acceptors (Lipinski definition) is 4. The van der Waals surface area contributed by atoms with Crippen molar-refractivity contribution in [1.29, 1.82) is 0 Å². The van der Waals surface area contributed by atoms with Crippen molar-refractivity contribution >= 4 is 15.7 Å². The standard InChI is InChI=1S/C16H24N2O3S/c1-16(2,11-17)18-15(19)8-9-22(20,21)14-7-6-12-4-3-5-13(12)10-14/h6-7,10H,3-5,8-9,11,17H2,1-2H3,(H,18,19). The van der Waals surface area contributed by atoms with Crippen LogP contribution in [-0.2, 0) is 27.5 Å². The highest BCUT2D eigenvalue weighted by atomic mass is 32.2. The molecule has 0 bridgehead atoms. The molecule has 5 nitrogen and oxygen atoms in total. The number of nitrogens with two attached hydrogens (primary N) is 1. The van der Waals surface area contributed by atoms with Gasteiger partial charge in [-0.1, -0.05) is 6.07 Å². The molecule has 122 valence electrons. The highest BCUT2D eigenvalue weighted by molar-refractivity contribution is 7.91. The van der Waals surface area contributed by atoms with Crippen molar-refractivity contribution < 1.29 is 13.2 Å². The Balaban J connectivity index is 2.01.